The van der Waals surface area contributed by atoms with E-state index in [4.69, 9.17) is 4.74 Å². The number of ether oxygens (including phenoxy) is 1. The van der Waals surface area contributed by atoms with Crippen LogP contribution in [0.25, 0.3) is 10.9 Å². The Balaban J connectivity index is 1.39. The van der Waals surface area contributed by atoms with E-state index in [0.717, 1.165) is 28.7 Å². The third-order valence-electron chi connectivity index (χ3n) is 6.56. The number of piperidine rings is 1. The molecule has 7 heteroatoms. The van der Waals surface area contributed by atoms with Crippen LogP contribution in [0, 0.1) is 23.7 Å². The van der Waals surface area contributed by atoms with Gasteiger partial charge >= 0.3 is 5.97 Å². The Kier molecular flexibility index (Phi) is 8.15. The summed E-state index contributed by atoms with van der Waals surface area (Å²) in [6.07, 6.45) is 2.47. The number of rotatable bonds is 8. The van der Waals surface area contributed by atoms with Crippen molar-refractivity contribution in [3.05, 3.63) is 58.4 Å². The first kappa shape index (κ1) is 24.2. The van der Waals surface area contributed by atoms with Crippen molar-refractivity contribution < 1.29 is 19.0 Å². The Labute approximate surface area is 203 Å². The first-order chi connectivity index (χ1) is 16.5. The molecule has 0 aliphatic carbocycles. The summed E-state index contributed by atoms with van der Waals surface area (Å²) in [6, 6.07) is 11.2. The van der Waals surface area contributed by atoms with Gasteiger partial charge in [0.1, 0.15) is 11.9 Å². The van der Waals surface area contributed by atoms with Gasteiger partial charge in [0, 0.05) is 24.5 Å². The highest BCUT2D eigenvalue weighted by molar-refractivity contribution is 7.10. The lowest BCUT2D eigenvalue weighted by molar-refractivity contribution is -0.139. The molecule has 1 N–H and O–H groups in total. The summed E-state index contributed by atoms with van der Waals surface area (Å²) >= 11 is 1.61. The van der Waals surface area contributed by atoms with Crippen molar-refractivity contribution in [2.75, 3.05) is 26.7 Å². The Bertz CT molecular complexity index is 1170. The molecule has 0 saturated carbocycles. The number of hydrogen-bond acceptors (Lipinski definition) is 5. The molecule has 3 atom stereocenters. The molecule has 1 aromatic carbocycles. The van der Waals surface area contributed by atoms with Crippen LogP contribution in [0.3, 0.4) is 0 Å². The minimum atomic E-state index is -1.14. The number of fused-ring (bicyclic) bond motifs is 1. The number of carbonyl (C=O) groups is 1. The molecule has 3 aromatic rings. The van der Waals surface area contributed by atoms with Crippen molar-refractivity contribution in [2.24, 2.45) is 11.8 Å². The fraction of sp³-hybridized carbons (Fsp3) is 0.407. The zero-order chi connectivity index (χ0) is 23.9. The van der Waals surface area contributed by atoms with Gasteiger partial charge in [-0.15, -0.1) is 11.3 Å². The average molecular weight is 481 g/mol. The molecule has 1 aliphatic heterocycles. The normalized spacial score (nSPS) is 19.4. The van der Waals surface area contributed by atoms with E-state index in [9.17, 15) is 9.90 Å². The maximum absolute atomic E-state index is 15.4. The average Bonchev–Trinajstić information content (AvgIpc) is 3.36. The predicted octanol–water partition coefficient (Wildman–Crippen LogP) is 5.56. The molecule has 34 heavy (non-hydrogen) atoms. The minimum absolute atomic E-state index is 0.00346. The Hall–Kier alpha value is -2.95. The van der Waals surface area contributed by atoms with E-state index in [2.05, 4.69) is 21.7 Å². The molecular weight excluding hydrogens is 451 g/mol. The van der Waals surface area contributed by atoms with E-state index in [1.54, 1.807) is 30.7 Å². The number of aliphatic carboxylic acids is 1. The summed E-state index contributed by atoms with van der Waals surface area (Å²) in [6.45, 7) is 2.16. The van der Waals surface area contributed by atoms with Gasteiger partial charge in [-0.1, -0.05) is 17.9 Å². The number of pyridine rings is 1. The second-order valence-electron chi connectivity index (χ2n) is 8.75. The number of aromatic nitrogens is 1. The number of halogens is 1. The van der Waals surface area contributed by atoms with Gasteiger partial charge in [0.2, 0.25) is 0 Å². The van der Waals surface area contributed by atoms with Gasteiger partial charge in [0.25, 0.3) is 0 Å². The zero-order valence-electron chi connectivity index (χ0n) is 19.2. The molecule has 0 bridgehead atoms. The number of carboxylic acids is 1. The highest BCUT2D eigenvalue weighted by Crippen LogP contribution is 2.36. The van der Waals surface area contributed by atoms with Crippen molar-refractivity contribution in [1.82, 2.24) is 9.88 Å². The number of benzene rings is 1. The number of methoxy groups -OCH3 is 1. The lowest BCUT2D eigenvalue weighted by atomic mass is 9.79. The summed E-state index contributed by atoms with van der Waals surface area (Å²) in [5, 5.41) is 12.2. The molecule has 1 saturated heterocycles. The van der Waals surface area contributed by atoms with E-state index in [0.29, 0.717) is 37.2 Å². The fourth-order valence-electron chi connectivity index (χ4n) is 4.79. The molecule has 4 rings (SSSR count). The largest absolute Gasteiger partial charge is 0.497 e. The molecule has 5 nitrogen and oxygen atoms in total. The number of carboxylic acid groups (broad SMARTS) is 1. The van der Waals surface area contributed by atoms with Crippen LogP contribution in [0.5, 0.6) is 5.75 Å². The first-order valence-corrected chi connectivity index (χ1v) is 12.4. The Morgan fingerprint density at radius 1 is 1.35 bits per heavy atom. The first-order valence-electron chi connectivity index (χ1n) is 11.6. The van der Waals surface area contributed by atoms with Crippen molar-refractivity contribution in [1.29, 1.82) is 0 Å². The van der Waals surface area contributed by atoms with Gasteiger partial charge in [-0.3, -0.25) is 14.7 Å². The van der Waals surface area contributed by atoms with Gasteiger partial charge in [-0.25, -0.2) is 4.39 Å². The molecule has 3 heterocycles. The van der Waals surface area contributed by atoms with Crippen LogP contribution in [-0.4, -0.2) is 47.7 Å². The smallest absolute Gasteiger partial charge is 0.303 e. The van der Waals surface area contributed by atoms with Crippen LogP contribution in [0.4, 0.5) is 4.39 Å². The van der Waals surface area contributed by atoms with Crippen LogP contribution in [0.15, 0.2) is 48.0 Å². The number of thiophene rings is 1. The van der Waals surface area contributed by atoms with Crippen LogP contribution in [0.2, 0.25) is 0 Å². The maximum atomic E-state index is 15.4. The molecule has 0 radical (unpaired) electrons. The van der Waals surface area contributed by atoms with E-state index in [1.807, 2.05) is 35.7 Å². The Morgan fingerprint density at radius 3 is 3.00 bits per heavy atom. The third kappa shape index (κ3) is 6.13. The summed E-state index contributed by atoms with van der Waals surface area (Å²) in [7, 11) is 1.59. The van der Waals surface area contributed by atoms with Crippen molar-refractivity contribution in [2.45, 2.75) is 31.9 Å². The number of nitrogens with zero attached hydrogens (tertiary/aromatic N) is 2. The van der Waals surface area contributed by atoms with Gasteiger partial charge in [-0.2, -0.15) is 0 Å². The maximum Gasteiger partial charge on any atom is 0.303 e. The number of alkyl halides is 1. The van der Waals surface area contributed by atoms with Gasteiger partial charge in [0.05, 0.1) is 24.0 Å². The van der Waals surface area contributed by atoms with Crippen LogP contribution >= 0.6 is 11.3 Å². The summed E-state index contributed by atoms with van der Waals surface area (Å²) in [5.74, 6) is 6.42. The molecule has 0 amide bonds. The quantitative estimate of drug-likeness (QED) is 0.428. The van der Waals surface area contributed by atoms with Crippen LogP contribution in [-0.2, 0) is 4.79 Å². The molecule has 1 aliphatic rings. The standard InChI is InChI=1S/C27H29FN2O3S/c1-33-21-7-9-26-24(17-21)23(10-12-29-26)25(28)8-6-19-11-14-30(18-20(19)16-27(31)32)13-2-4-22-5-3-15-34-22/h3,5,7,9-10,12,15,17,19-20,25H,6,8,11,13-14,16,18H2,1H3,(H,31,32)/t19-,20+,25+/m1/s1. The summed E-state index contributed by atoms with van der Waals surface area (Å²) < 4.78 is 20.7. The lowest BCUT2D eigenvalue weighted by Gasteiger charge is -2.37. The van der Waals surface area contributed by atoms with Gasteiger partial charge in [-0.05, 0) is 78.9 Å². The fourth-order valence-corrected chi connectivity index (χ4v) is 5.38. The van der Waals surface area contributed by atoms with Gasteiger partial charge in [0.15, 0.2) is 0 Å². The monoisotopic (exact) mass is 480 g/mol. The number of likely N-dealkylation sites (tertiary alicyclic amines) is 1. The van der Waals surface area contributed by atoms with E-state index in [1.165, 1.54) is 0 Å². The van der Waals surface area contributed by atoms with Crippen molar-refractivity contribution in [3.63, 3.8) is 0 Å². The SMILES string of the molecule is COc1ccc2nccc([C@@H](F)CC[C@@H]3CCN(CC#Cc4cccs4)C[C@@H]3CC(=O)O)c2c1. The zero-order valence-corrected chi connectivity index (χ0v) is 20.1. The van der Waals surface area contributed by atoms with Crippen LogP contribution < -0.4 is 4.74 Å². The highest BCUT2D eigenvalue weighted by Gasteiger charge is 2.31. The van der Waals surface area contributed by atoms with E-state index in [-0.39, 0.29) is 18.3 Å². The molecule has 2 aromatic heterocycles. The highest BCUT2D eigenvalue weighted by atomic mass is 32.1. The second kappa shape index (κ2) is 11.5. The van der Waals surface area contributed by atoms with Gasteiger partial charge < -0.3 is 9.84 Å². The molecular formula is C27H29FN2O3S. The molecule has 0 spiro atoms. The molecule has 1 fully saturated rings. The van der Waals surface area contributed by atoms with Crippen molar-refractivity contribution >= 4 is 28.2 Å². The van der Waals surface area contributed by atoms with Crippen LogP contribution in [0.1, 0.15) is 42.3 Å². The van der Waals surface area contributed by atoms with Crippen molar-refractivity contribution in [3.8, 4) is 17.6 Å². The predicted molar refractivity (Wildman–Crippen MR) is 133 cm³/mol. The van der Waals surface area contributed by atoms with E-state index >= 15 is 4.39 Å². The molecule has 178 valence electrons. The van der Waals surface area contributed by atoms with E-state index < -0.39 is 12.1 Å². The molecule has 0 unspecified atom stereocenters. The summed E-state index contributed by atoms with van der Waals surface area (Å²) in [4.78, 5) is 19.1. The Morgan fingerprint density at radius 2 is 2.24 bits per heavy atom. The topological polar surface area (TPSA) is 62.7 Å². The lowest BCUT2D eigenvalue weighted by Crippen LogP contribution is -2.41. The summed E-state index contributed by atoms with van der Waals surface area (Å²) in [5.41, 5.74) is 1.35. The third-order valence-corrected chi connectivity index (χ3v) is 7.34. The number of hydrogen-bond donors (Lipinski definition) is 1. The second-order valence-corrected chi connectivity index (χ2v) is 9.70. The minimum Gasteiger partial charge on any atom is -0.497 e.